The molecule has 0 amide bonds. The van der Waals surface area contributed by atoms with E-state index in [9.17, 15) is 17.2 Å². The third-order valence-corrected chi connectivity index (χ3v) is 5.32. The van der Waals surface area contributed by atoms with E-state index in [1.165, 1.54) is 12.3 Å². The second kappa shape index (κ2) is 8.38. The van der Waals surface area contributed by atoms with E-state index >= 15 is 0 Å². The Balaban J connectivity index is 1.51. The Morgan fingerprint density at radius 1 is 1.06 bits per heavy atom. The molecule has 0 saturated carbocycles. The molecule has 0 aromatic carbocycles. The number of aromatic nitrogens is 4. The van der Waals surface area contributed by atoms with Crippen molar-refractivity contribution in [1.29, 1.82) is 0 Å². The lowest BCUT2D eigenvalue weighted by Crippen LogP contribution is -2.09. The van der Waals surface area contributed by atoms with Gasteiger partial charge in [-0.15, -0.1) is 0 Å². The lowest BCUT2D eigenvalue weighted by atomic mass is 10.0. The van der Waals surface area contributed by atoms with Gasteiger partial charge in [0, 0.05) is 35.5 Å². The molecule has 0 atom stereocenters. The minimum atomic E-state index is -3.44. The van der Waals surface area contributed by atoms with Crippen molar-refractivity contribution >= 4 is 26.7 Å². The Kier molecular flexibility index (Phi) is 5.64. The number of aromatic amines is 1. The van der Waals surface area contributed by atoms with Crippen molar-refractivity contribution in [2.45, 2.75) is 19.3 Å². The van der Waals surface area contributed by atoms with Crippen molar-refractivity contribution in [3.8, 4) is 0 Å². The minimum Gasteiger partial charge on any atom is -0.346 e. The van der Waals surface area contributed by atoms with E-state index in [1.807, 2.05) is 0 Å². The molecule has 4 aromatic rings. The topological polar surface area (TPSA) is 101 Å². The predicted molar refractivity (Wildman–Crippen MR) is 113 cm³/mol. The molecule has 4 heterocycles. The molecule has 0 bridgehead atoms. The van der Waals surface area contributed by atoms with Gasteiger partial charge in [-0.05, 0) is 42.2 Å². The summed E-state index contributed by atoms with van der Waals surface area (Å²) in [7, 11) is -3.44. The van der Waals surface area contributed by atoms with Gasteiger partial charge in [-0.2, -0.15) is 4.39 Å². The number of nitrogens with one attached hydrogen (secondary N) is 2. The van der Waals surface area contributed by atoms with Crippen LogP contribution in [0.5, 0.6) is 0 Å². The van der Waals surface area contributed by atoms with Gasteiger partial charge < -0.3 is 4.98 Å². The zero-order valence-corrected chi connectivity index (χ0v) is 17.4. The molecule has 0 aliphatic heterocycles. The molecule has 0 aliphatic rings. The number of hydrogen-bond donors (Lipinski definition) is 2. The van der Waals surface area contributed by atoms with Gasteiger partial charge in [-0.1, -0.05) is 6.07 Å². The summed E-state index contributed by atoms with van der Waals surface area (Å²) in [6.45, 7) is 0. The Morgan fingerprint density at radius 3 is 2.65 bits per heavy atom. The van der Waals surface area contributed by atoms with Crippen molar-refractivity contribution in [1.82, 2.24) is 19.9 Å². The van der Waals surface area contributed by atoms with Gasteiger partial charge in [0.05, 0.1) is 24.3 Å². The number of sulfonamides is 1. The highest BCUT2D eigenvalue weighted by atomic mass is 32.2. The van der Waals surface area contributed by atoms with Crippen LogP contribution in [0.3, 0.4) is 0 Å². The van der Waals surface area contributed by atoms with Crippen LogP contribution in [0.2, 0.25) is 0 Å². The summed E-state index contributed by atoms with van der Waals surface area (Å²) >= 11 is 0. The molecule has 0 unspecified atom stereocenters. The fourth-order valence-electron chi connectivity index (χ4n) is 3.32. The summed E-state index contributed by atoms with van der Waals surface area (Å²) in [6, 6.07) is 6.47. The first kappa shape index (κ1) is 20.9. The van der Waals surface area contributed by atoms with Crippen LogP contribution in [-0.4, -0.2) is 34.6 Å². The molecule has 4 rings (SSSR count). The smallest absolute Gasteiger partial charge is 0.229 e. The third kappa shape index (κ3) is 5.21. The molecule has 10 heteroatoms. The SMILES string of the molecule is CS(=O)(=O)Nc1cnc2[nH]cc(Cc3ccc(CCc4cncc(F)c4)nc3F)c2c1. The molecule has 0 spiro atoms. The van der Waals surface area contributed by atoms with Crippen LogP contribution in [0.1, 0.15) is 22.4 Å². The maximum Gasteiger partial charge on any atom is 0.229 e. The van der Waals surface area contributed by atoms with E-state index in [0.29, 0.717) is 40.8 Å². The van der Waals surface area contributed by atoms with Crippen molar-refractivity contribution in [2.24, 2.45) is 0 Å². The first-order valence-corrected chi connectivity index (χ1v) is 11.3. The number of anilines is 1. The van der Waals surface area contributed by atoms with Crippen molar-refractivity contribution in [3.05, 3.63) is 83.2 Å². The fraction of sp³-hybridized carbons (Fsp3) is 0.190. The highest BCUT2D eigenvalue weighted by molar-refractivity contribution is 7.92. The quantitative estimate of drug-likeness (QED) is 0.427. The Morgan fingerprint density at radius 2 is 1.90 bits per heavy atom. The standard InChI is InChI=1S/C21H19F2N5O2S/c1-31(29,30)28-18-8-19-15(10-25-21(19)26-12-18)7-14-3-5-17(27-20(14)23)4-2-13-6-16(22)11-24-9-13/h3,5-6,8-12,28H,2,4,7H2,1H3,(H,25,26). The van der Waals surface area contributed by atoms with Gasteiger partial charge in [-0.3, -0.25) is 9.71 Å². The summed E-state index contributed by atoms with van der Waals surface area (Å²) in [5.74, 6) is -0.988. The number of pyridine rings is 3. The summed E-state index contributed by atoms with van der Waals surface area (Å²) in [5.41, 5.74) is 3.35. The largest absolute Gasteiger partial charge is 0.346 e. The highest BCUT2D eigenvalue weighted by Gasteiger charge is 2.12. The van der Waals surface area contributed by atoms with Crippen molar-refractivity contribution < 1.29 is 17.2 Å². The van der Waals surface area contributed by atoms with Crippen LogP contribution in [-0.2, 0) is 29.3 Å². The first-order valence-electron chi connectivity index (χ1n) is 9.44. The number of halogens is 2. The molecule has 7 nitrogen and oxygen atoms in total. The number of hydrogen-bond acceptors (Lipinski definition) is 5. The van der Waals surface area contributed by atoms with Crippen LogP contribution in [0, 0.1) is 11.8 Å². The van der Waals surface area contributed by atoms with Gasteiger partial charge in [0.2, 0.25) is 16.0 Å². The predicted octanol–water partition coefficient (Wildman–Crippen LogP) is 3.38. The fourth-order valence-corrected chi connectivity index (χ4v) is 3.86. The maximum atomic E-state index is 14.6. The summed E-state index contributed by atoms with van der Waals surface area (Å²) < 4.78 is 53.2. The number of aryl methyl sites for hydroxylation is 2. The van der Waals surface area contributed by atoms with Crippen LogP contribution in [0.15, 0.2) is 49.1 Å². The maximum absolute atomic E-state index is 14.6. The summed E-state index contributed by atoms with van der Waals surface area (Å²) in [5, 5.41) is 0.690. The lowest BCUT2D eigenvalue weighted by molar-refractivity contribution is 0.562. The normalized spacial score (nSPS) is 11.7. The molecule has 0 aliphatic carbocycles. The second-order valence-electron chi connectivity index (χ2n) is 7.25. The lowest BCUT2D eigenvalue weighted by Gasteiger charge is -2.07. The molecule has 0 radical (unpaired) electrons. The average molecular weight is 443 g/mol. The van der Waals surface area contributed by atoms with Crippen LogP contribution >= 0.6 is 0 Å². The van der Waals surface area contributed by atoms with Gasteiger partial charge >= 0.3 is 0 Å². The third-order valence-electron chi connectivity index (χ3n) is 4.72. The molecule has 0 saturated heterocycles. The molecule has 160 valence electrons. The van der Waals surface area contributed by atoms with Crippen molar-refractivity contribution in [2.75, 3.05) is 11.0 Å². The van der Waals surface area contributed by atoms with Gasteiger partial charge in [0.1, 0.15) is 11.5 Å². The number of nitrogens with zero attached hydrogens (tertiary/aromatic N) is 3. The van der Waals surface area contributed by atoms with Crippen molar-refractivity contribution in [3.63, 3.8) is 0 Å². The Bertz CT molecular complexity index is 1360. The number of H-pyrrole nitrogens is 1. The van der Waals surface area contributed by atoms with E-state index in [2.05, 4.69) is 24.7 Å². The Labute approximate surface area is 177 Å². The van der Waals surface area contributed by atoms with E-state index in [1.54, 1.807) is 30.6 Å². The highest BCUT2D eigenvalue weighted by Crippen LogP contribution is 2.24. The molecular formula is C21H19F2N5O2S. The number of rotatable bonds is 7. The zero-order valence-electron chi connectivity index (χ0n) is 16.6. The van der Waals surface area contributed by atoms with Gasteiger partial charge in [0.25, 0.3) is 0 Å². The van der Waals surface area contributed by atoms with E-state index < -0.39 is 21.8 Å². The molecule has 4 aromatic heterocycles. The van der Waals surface area contributed by atoms with E-state index in [-0.39, 0.29) is 6.42 Å². The minimum absolute atomic E-state index is 0.261. The monoisotopic (exact) mass is 443 g/mol. The molecular weight excluding hydrogens is 424 g/mol. The summed E-state index contributed by atoms with van der Waals surface area (Å²) in [4.78, 5) is 15.0. The molecule has 2 N–H and O–H groups in total. The first-order chi connectivity index (χ1) is 14.8. The summed E-state index contributed by atoms with van der Waals surface area (Å²) in [6.07, 6.45) is 8.11. The number of fused-ring (bicyclic) bond motifs is 1. The second-order valence-corrected chi connectivity index (χ2v) is 9.00. The average Bonchev–Trinajstić information content (AvgIpc) is 3.09. The van der Waals surface area contributed by atoms with E-state index in [4.69, 9.17) is 0 Å². The van der Waals surface area contributed by atoms with Crippen LogP contribution in [0.25, 0.3) is 11.0 Å². The zero-order chi connectivity index (χ0) is 22.0. The van der Waals surface area contributed by atoms with Crippen LogP contribution in [0.4, 0.5) is 14.5 Å². The van der Waals surface area contributed by atoms with Gasteiger partial charge in [-0.25, -0.2) is 22.8 Å². The Hall–Kier alpha value is -3.40. The van der Waals surface area contributed by atoms with E-state index in [0.717, 1.165) is 23.6 Å². The van der Waals surface area contributed by atoms with Crippen LogP contribution < -0.4 is 4.72 Å². The molecule has 0 fully saturated rings. The molecule has 31 heavy (non-hydrogen) atoms. The van der Waals surface area contributed by atoms with Gasteiger partial charge in [0.15, 0.2) is 0 Å².